The summed E-state index contributed by atoms with van der Waals surface area (Å²) in [7, 11) is -2.08. The molecule has 3 rings (SSSR count). The first-order chi connectivity index (χ1) is 15.3. The summed E-state index contributed by atoms with van der Waals surface area (Å²) in [6.45, 7) is 7.65. The molecule has 0 spiro atoms. The molecule has 1 aromatic carbocycles. The van der Waals surface area contributed by atoms with Crippen molar-refractivity contribution < 1.29 is 17.4 Å². The van der Waals surface area contributed by atoms with Gasteiger partial charge in [0.1, 0.15) is 20.6 Å². The topological polar surface area (TPSA) is 88.6 Å². The number of aromatic nitrogens is 1. The van der Waals surface area contributed by atoms with E-state index in [-0.39, 0.29) is 12.5 Å². The Morgan fingerprint density at radius 1 is 1.27 bits per heavy atom. The maximum atomic E-state index is 14.0. The standard InChI is InChI=1S/C22H32BrN3O4S3/c1-21(2,3)32(27)25-22(4,20-24-18(23)14-31-20)19(16-9-10-16)33(28,29)26(5)13-15-7-11-17(30-6)12-8-15/h7-8,11-12,14,16,19,25H,9-10,13H2,1-6H3/t19?,22?,32-/m1/s1. The van der Waals surface area contributed by atoms with Crippen LogP contribution in [0.3, 0.4) is 0 Å². The molecule has 3 atom stereocenters. The summed E-state index contributed by atoms with van der Waals surface area (Å²) in [5.41, 5.74) is -0.260. The van der Waals surface area contributed by atoms with Gasteiger partial charge in [-0.1, -0.05) is 12.1 Å². The zero-order valence-electron chi connectivity index (χ0n) is 19.8. The van der Waals surface area contributed by atoms with Crippen LogP contribution in [0.15, 0.2) is 34.2 Å². The van der Waals surface area contributed by atoms with Crippen molar-refractivity contribution in [3.63, 3.8) is 0 Å². The minimum atomic E-state index is -3.78. The molecular formula is C22H32BrN3O4S3. The zero-order chi connectivity index (χ0) is 24.6. The number of rotatable bonds is 10. The molecule has 1 N–H and O–H groups in total. The first-order valence-electron chi connectivity index (χ1n) is 10.7. The first kappa shape index (κ1) is 26.7. The Morgan fingerprint density at radius 2 is 1.88 bits per heavy atom. The second kappa shape index (κ2) is 10.0. The van der Waals surface area contributed by atoms with Crippen LogP contribution in [-0.4, -0.2) is 46.1 Å². The van der Waals surface area contributed by atoms with Crippen LogP contribution in [0.1, 0.15) is 51.1 Å². The summed E-state index contributed by atoms with van der Waals surface area (Å²) in [5.74, 6) is 0.682. The monoisotopic (exact) mass is 577 g/mol. The van der Waals surface area contributed by atoms with E-state index in [1.54, 1.807) is 14.2 Å². The van der Waals surface area contributed by atoms with Gasteiger partial charge in [0.25, 0.3) is 0 Å². The number of nitrogens with zero attached hydrogens (tertiary/aromatic N) is 2. The van der Waals surface area contributed by atoms with Gasteiger partial charge in [-0.25, -0.2) is 26.6 Å². The Balaban J connectivity index is 2.00. The van der Waals surface area contributed by atoms with Gasteiger partial charge in [0, 0.05) is 19.0 Å². The van der Waals surface area contributed by atoms with Gasteiger partial charge in [0.2, 0.25) is 10.0 Å². The summed E-state index contributed by atoms with van der Waals surface area (Å²) in [6.07, 6.45) is 1.62. The molecule has 1 aliphatic carbocycles. The molecule has 0 radical (unpaired) electrons. The van der Waals surface area contributed by atoms with Crippen molar-refractivity contribution in [2.75, 3.05) is 14.2 Å². The summed E-state index contributed by atoms with van der Waals surface area (Å²) >= 11 is 4.76. The molecule has 1 aliphatic rings. The van der Waals surface area contributed by atoms with Crippen molar-refractivity contribution in [3.05, 3.63) is 44.8 Å². The van der Waals surface area contributed by atoms with E-state index in [9.17, 15) is 12.6 Å². The molecule has 1 saturated carbocycles. The normalized spacial score (nSPS) is 18.7. The molecule has 1 fully saturated rings. The second-order valence-corrected chi connectivity index (χ2v) is 15.4. The third-order valence-electron chi connectivity index (χ3n) is 5.72. The number of benzene rings is 1. The van der Waals surface area contributed by atoms with Crippen LogP contribution in [0.4, 0.5) is 0 Å². The van der Waals surface area contributed by atoms with Gasteiger partial charge in [-0.2, -0.15) is 0 Å². The quantitative estimate of drug-likeness (QED) is 0.451. The molecule has 1 heterocycles. The van der Waals surface area contributed by atoms with Gasteiger partial charge in [0.05, 0.1) is 28.4 Å². The van der Waals surface area contributed by atoms with Crippen molar-refractivity contribution in [1.29, 1.82) is 0 Å². The lowest BCUT2D eigenvalue weighted by Gasteiger charge is -2.39. The smallest absolute Gasteiger partial charge is 0.219 e. The van der Waals surface area contributed by atoms with Crippen LogP contribution in [0.2, 0.25) is 0 Å². The fourth-order valence-electron chi connectivity index (χ4n) is 3.75. The van der Waals surface area contributed by atoms with Crippen molar-refractivity contribution in [2.45, 2.75) is 62.6 Å². The molecule has 2 aromatic rings. The number of methoxy groups -OCH3 is 1. The van der Waals surface area contributed by atoms with E-state index in [1.807, 2.05) is 57.3 Å². The van der Waals surface area contributed by atoms with Crippen molar-refractivity contribution in [2.24, 2.45) is 5.92 Å². The van der Waals surface area contributed by atoms with E-state index >= 15 is 0 Å². The Morgan fingerprint density at radius 3 is 2.33 bits per heavy atom. The highest BCUT2D eigenvalue weighted by atomic mass is 79.9. The maximum Gasteiger partial charge on any atom is 0.219 e. The van der Waals surface area contributed by atoms with Crippen LogP contribution in [0.5, 0.6) is 5.75 Å². The molecule has 0 aliphatic heterocycles. The highest BCUT2D eigenvalue weighted by Gasteiger charge is 2.55. The zero-order valence-corrected chi connectivity index (χ0v) is 23.8. The molecule has 0 saturated heterocycles. The number of thiazole rings is 1. The predicted molar refractivity (Wildman–Crippen MR) is 138 cm³/mol. The minimum absolute atomic E-state index is 0.0366. The molecule has 0 bridgehead atoms. The fraction of sp³-hybridized carbons (Fsp3) is 0.591. The van der Waals surface area contributed by atoms with Crippen LogP contribution >= 0.6 is 27.3 Å². The fourth-order valence-corrected chi connectivity index (χ4v) is 8.53. The third kappa shape index (κ3) is 6.05. The van der Waals surface area contributed by atoms with Crippen LogP contribution < -0.4 is 9.46 Å². The van der Waals surface area contributed by atoms with Gasteiger partial charge >= 0.3 is 0 Å². The van der Waals surface area contributed by atoms with Crippen molar-refractivity contribution in [3.8, 4) is 5.75 Å². The van der Waals surface area contributed by atoms with Crippen molar-refractivity contribution >= 4 is 48.3 Å². The largest absolute Gasteiger partial charge is 0.497 e. The number of ether oxygens (including phenoxy) is 1. The van der Waals surface area contributed by atoms with E-state index < -0.39 is 36.5 Å². The van der Waals surface area contributed by atoms with E-state index in [2.05, 4.69) is 25.6 Å². The van der Waals surface area contributed by atoms with Gasteiger partial charge in [-0.05, 0) is 80.1 Å². The summed E-state index contributed by atoms with van der Waals surface area (Å²) in [4.78, 5) is 4.57. The number of halogens is 1. The van der Waals surface area contributed by atoms with E-state index in [4.69, 9.17) is 4.74 Å². The van der Waals surface area contributed by atoms with E-state index in [0.29, 0.717) is 9.61 Å². The molecule has 7 nitrogen and oxygen atoms in total. The van der Waals surface area contributed by atoms with E-state index in [0.717, 1.165) is 24.2 Å². The lowest BCUT2D eigenvalue weighted by Crippen LogP contribution is -2.58. The predicted octanol–water partition coefficient (Wildman–Crippen LogP) is 4.42. The molecule has 11 heteroatoms. The molecule has 184 valence electrons. The Labute approximate surface area is 212 Å². The highest BCUT2D eigenvalue weighted by molar-refractivity contribution is 9.10. The third-order valence-corrected chi connectivity index (χ3v) is 11.7. The van der Waals surface area contributed by atoms with Gasteiger partial charge < -0.3 is 4.74 Å². The average Bonchev–Trinajstić information content (AvgIpc) is 3.45. The van der Waals surface area contributed by atoms with Gasteiger partial charge in [-0.15, -0.1) is 11.3 Å². The first-order valence-corrected chi connectivity index (χ1v) is 15.0. The number of nitrogens with one attached hydrogen (secondary N) is 1. The van der Waals surface area contributed by atoms with Crippen molar-refractivity contribution in [1.82, 2.24) is 14.0 Å². The molecule has 0 amide bonds. The lowest BCUT2D eigenvalue weighted by atomic mass is 9.96. The molecular weight excluding hydrogens is 546 g/mol. The summed E-state index contributed by atoms with van der Waals surface area (Å²) in [6, 6.07) is 7.36. The lowest BCUT2D eigenvalue weighted by molar-refractivity contribution is 0.353. The highest BCUT2D eigenvalue weighted by Crippen LogP contribution is 2.47. The Hall–Kier alpha value is -0.850. The Kier molecular flexibility index (Phi) is 8.13. The Bertz CT molecular complexity index is 1090. The summed E-state index contributed by atoms with van der Waals surface area (Å²) in [5, 5.41) is 1.62. The SMILES string of the molecule is COc1ccc(CN(C)S(=O)(=O)C(C2CC2)C(C)(N[S@](=O)C(C)(C)C)c2nc(Br)cs2)cc1. The van der Waals surface area contributed by atoms with Crippen LogP contribution in [-0.2, 0) is 33.1 Å². The molecule has 1 aromatic heterocycles. The number of sulfonamides is 1. The average molecular weight is 579 g/mol. The number of hydrogen-bond acceptors (Lipinski definition) is 6. The molecule has 2 unspecified atom stereocenters. The number of hydrogen-bond donors (Lipinski definition) is 1. The van der Waals surface area contributed by atoms with Crippen LogP contribution in [0.25, 0.3) is 0 Å². The van der Waals surface area contributed by atoms with Crippen LogP contribution in [0, 0.1) is 5.92 Å². The minimum Gasteiger partial charge on any atom is -0.497 e. The van der Waals surface area contributed by atoms with Gasteiger partial charge in [-0.3, -0.25) is 0 Å². The van der Waals surface area contributed by atoms with Gasteiger partial charge in [0.15, 0.2) is 0 Å². The maximum absolute atomic E-state index is 14.0. The molecule has 33 heavy (non-hydrogen) atoms. The second-order valence-electron chi connectivity index (χ2n) is 9.57. The summed E-state index contributed by atoms with van der Waals surface area (Å²) < 4.78 is 51.1. The van der Waals surface area contributed by atoms with E-state index in [1.165, 1.54) is 15.6 Å².